The molecule has 1 N–H and O–H groups in total. The molecule has 0 saturated heterocycles. The number of amides is 1. The SMILES string of the molecule is CSc1ncccc1C(=O)OCC(=O)Nc1ccc(C)cc1C. The van der Waals surface area contributed by atoms with Gasteiger partial charge in [0.25, 0.3) is 5.91 Å². The Balaban J connectivity index is 1.95. The number of ether oxygens (including phenoxy) is 1. The van der Waals surface area contributed by atoms with Crippen molar-refractivity contribution in [2.45, 2.75) is 18.9 Å². The van der Waals surface area contributed by atoms with Gasteiger partial charge in [0.05, 0.1) is 5.56 Å². The van der Waals surface area contributed by atoms with Crippen molar-refractivity contribution >= 4 is 29.3 Å². The Bertz CT molecular complexity index is 732. The zero-order chi connectivity index (χ0) is 16.8. The number of aromatic nitrogens is 1. The third-order valence-electron chi connectivity index (χ3n) is 3.17. The van der Waals surface area contributed by atoms with Crippen molar-refractivity contribution in [1.29, 1.82) is 0 Å². The zero-order valence-electron chi connectivity index (χ0n) is 13.3. The van der Waals surface area contributed by atoms with Gasteiger partial charge in [0.1, 0.15) is 5.03 Å². The Morgan fingerprint density at radius 1 is 1.26 bits per heavy atom. The number of benzene rings is 1. The second-order valence-corrected chi connectivity index (χ2v) is 5.80. The normalized spacial score (nSPS) is 10.2. The quantitative estimate of drug-likeness (QED) is 0.673. The van der Waals surface area contributed by atoms with Crippen LogP contribution in [0.5, 0.6) is 0 Å². The van der Waals surface area contributed by atoms with Crippen molar-refractivity contribution in [1.82, 2.24) is 4.98 Å². The van der Waals surface area contributed by atoms with E-state index in [9.17, 15) is 9.59 Å². The number of aryl methyl sites for hydroxylation is 2. The van der Waals surface area contributed by atoms with Gasteiger partial charge in [-0.25, -0.2) is 9.78 Å². The van der Waals surface area contributed by atoms with Crippen LogP contribution in [-0.4, -0.2) is 29.7 Å². The molecule has 0 fully saturated rings. The van der Waals surface area contributed by atoms with Crippen LogP contribution in [0.2, 0.25) is 0 Å². The zero-order valence-corrected chi connectivity index (χ0v) is 14.1. The predicted molar refractivity (Wildman–Crippen MR) is 90.8 cm³/mol. The first-order valence-electron chi connectivity index (χ1n) is 7.04. The van der Waals surface area contributed by atoms with Crippen molar-refractivity contribution < 1.29 is 14.3 Å². The molecule has 0 radical (unpaired) electrons. The minimum Gasteiger partial charge on any atom is -0.452 e. The summed E-state index contributed by atoms with van der Waals surface area (Å²) in [7, 11) is 0. The number of hydrogen-bond acceptors (Lipinski definition) is 5. The minimum absolute atomic E-state index is 0.338. The summed E-state index contributed by atoms with van der Waals surface area (Å²) in [5.41, 5.74) is 3.15. The molecule has 5 nitrogen and oxygen atoms in total. The molecule has 1 aromatic heterocycles. The Morgan fingerprint density at radius 2 is 2.04 bits per heavy atom. The van der Waals surface area contributed by atoms with Gasteiger partial charge >= 0.3 is 5.97 Å². The van der Waals surface area contributed by atoms with Gasteiger partial charge in [0.15, 0.2) is 6.61 Å². The Hall–Kier alpha value is -2.34. The fraction of sp³-hybridized carbons (Fsp3) is 0.235. The molecule has 0 atom stereocenters. The number of carbonyl (C=O) groups excluding carboxylic acids is 2. The van der Waals surface area contributed by atoms with Crippen molar-refractivity contribution in [3.05, 3.63) is 53.2 Å². The molecule has 120 valence electrons. The molecule has 6 heteroatoms. The molecule has 0 aliphatic carbocycles. The number of rotatable bonds is 5. The molecule has 2 aromatic rings. The summed E-state index contributed by atoms with van der Waals surface area (Å²) in [5.74, 6) is -0.932. The molecular formula is C17H18N2O3S. The van der Waals surface area contributed by atoms with E-state index in [0.29, 0.717) is 16.3 Å². The number of pyridine rings is 1. The van der Waals surface area contributed by atoms with E-state index in [0.717, 1.165) is 11.1 Å². The number of nitrogens with one attached hydrogen (secondary N) is 1. The largest absolute Gasteiger partial charge is 0.452 e. The third kappa shape index (κ3) is 4.56. The van der Waals surface area contributed by atoms with Gasteiger partial charge in [-0.3, -0.25) is 4.79 Å². The lowest BCUT2D eigenvalue weighted by Gasteiger charge is -2.10. The Labute approximate surface area is 139 Å². The number of thioether (sulfide) groups is 1. The van der Waals surface area contributed by atoms with Crippen molar-refractivity contribution in [2.75, 3.05) is 18.2 Å². The van der Waals surface area contributed by atoms with Gasteiger partial charge in [0.2, 0.25) is 0 Å². The fourth-order valence-corrected chi connectivity index (χ4v) is 2.60. The Morgan fingerprint density at radius 3 is 2.74 bits per heavy atom. The summed E-state index contributed by atoms with van der Waals surface area (Å²) in [4.78, 5) is 28.1. The molecule has 2 rings (SSSR count). The van der Waals surface area contributed by atoms with E-state index in [1.165, 1.54) is 11.8 Å². The average molecular weight is 330 g/mol. The van der Waals surface area contributed by atoms with Crippen molar-refractivity contribution in [2.24, 2.45) is 0 Å². The molecule has 0 unspecified atom stereocenters. The van der Waals surface area contributed by atoms with Crippen LogP contribution in [0.1, 0.15) is 21.5 Å². The third-order valence-corrected chi connectivity index (χ3v) is 3.89. The summed E-state index contributed by atoms with van der Waals surface area (Å²) in [6.07, 6.45) is 3.43. The maximum Gasteiger partial charge on any atom is 0.341 e. The number of hydrogen-bond donors (Lipinski definition) is 1. The lowest BCUT2D eigenvalue weighted by Crippen LogP contribution is -2.21. The van der Waals surface area contributed by atoms with E-state index >= 15 is 0 Å². The van der Waals surface area contributed by atoms with E-state index in [1.807, 2.05) is 38.3 Å². The number of anilines is 1. The summed E-state index contributed by atoms with van der Waals surface area (Å²) >= 11 is 1.35. The maximum atomic E-state index is 12.0. The molecule has 0 aliphatic rings. The smallest absolute Gasteiger partial charge is 0.341 e. The lowest BCUT2D eigenvalue weighted by molar-refractivity contribution is -0.119. The highest BCUT2D eigenvalue weighted by Gasteiger charge is 2.15. The van der Waals surface area contributed by atoms with Crippen LogP contribution in [0, 0.1) is 13.8 Å². The molecule has 1 heterocycles. The van der Waals surface area contributed by atoms with Crippen LogP contribution in [0.4, 0.5) is 5.69 Å². The number of nitrogens with zero attached hydrogens (tertiary/aromatic N) is 1. The van der Waals surface area contributed by atoms with E-state index < -0.39 is 5.97 Å². The predicted octanol–water partition coefficient (Wildman–Crippen LogP) is 3.22. The standard InChI is InChI=1S/C17H18N2O3S/c1-11-6-7-14(12(2)9-11)19-15(20)10-22-17(21)13-5-4-8-18-16(13)23-3/h4-9H,10H2,1-3H3,(H,19,20). The summed E-state index contributed by atoms with van der Waals surface area (Å²) in [5, 5.41) is 3.31. The van der Waals surface area contributed by atoms with Gasteiger partial charge in [0, 0.05) is 11.9 Å². The highest BCUT2D eigenvalue weighted by molar-refractivity contribution is 7.98. The van der Waals surface area contributed by atoms with Crippen LogP contribution >= 0.6 is 11.8 Å². The second kappa shape index (κ2) is 7.78. The van der Waals surface area contributed by atoms with Crippen molar-refractivity contribution in [3.63, 3.8) is 0 Å². The second-order valence-electron chi connectivity index (χ2n) is 5.00. The molecule has 1 aromatic carbocycles. The molecule has 0 saturated carbocycles. The molecule has 0 bridgehead atoms. The average Bonchev–Trinajstić information content (AvgIpc) is 2.55. The van der Waals surface area contributed by atoms with Gasteiger partial charge in [-0.1, -0.05) is 17.7 Å². The van der Waals surface area contributed by atoms with Crippen molar-refractivity contribution in [3.8, 4) is 0 Å². The van der Waals surface area contributed by atoms with Crippen LogP contribution in [0.25, 0.3) is 0 Å². The monoisotopic (exact) mass is 330 g/mol. The first-order valence-corrected chi connectivity index (χ1v) is 8.27. The maximum absolute atomic E-state index is 12.0. The molecule has 0 spiro atoms. The summed E-state index contributed by atoms with van der Waals surface area (Å²) in [6.45, 7) is 3.56. The molecule has 23 heavy (non-hydrogen) atoms. The highest BCUT2D eigenvalue weighted by Crippen LogP contribution is 2.18. The van der Waals surface area contributed by atoms with E-state index in [4.69, 9.17) is 4.74 Å². The molecule has 1 amide bonds. The number of esters is 1. The molecular weight excluding hydrogens is 312 g/mol. The van der Waals surface area contributed by atoms with E-state index in [2.05, 4.69) is 10.3 Å². The van der Waals surface area contributed by atoms with Gasteiger partial charge in [-0.2, -0.15) is 0 Å². The van der Waals surface area contributed by atoms with Crippen LogP contribution in [-0.2, 0) is 9.53 Å². The first-order chi connectivity index (χ1) is 11.0. The van der Waals surface area contributed by atoms with Crippen LogP contribution in [0.3, 0.4) is 0 Å². The van der Waals surface area contributed by atoms with E-state index in [1.54, 1.807) is 18.3 Å². The minimum atomic E-state index is -0.557. The van der Waals surface area contributed by atoms with Gasteiger partial charge in [-0.05, 0) is 43.9 Å². The lowest BCUT2D eigenvalue weighted by atomic mass is 10.1. The summed E-state index contributed by atoms with van der Waals surface area (Å²) < 4.78 is 5.06. The van der Waals surface area contributed by atoms with Crippen LogP contribution < -0.4 is 5.32 Å². The fourth-order valence-electron chi connectivity index (χ4n) is 2.06. The highest BCUT2D eigenvalue weighted by atomic mass is 32.2. The molecule has 0 aliphatic heterocycles. The van der Waals surface area contributed by atoms with Crippen LogP contribution in [0.15, 0.2) is 41.6 Å². The first kappa shape index (κ1) is 17.0. The summed E-state index contributed by atoms with van der Waals surface area (Å²) in [6, 6.07) is 9.00. The number of carbonyl (C=O) groups is 2. The van der Waals surface area contributed by atoms with E-state index in [-0.39, 0.29) is 12.5 Å². The van der Waals surface area contributed by atoms with Gasteiger partial charge < -0.3 is 10.1 Å². The topological polar surface area (TPSA) is 68.3 Å². The Kier molecular flexibility index (Phi) is 5.76. The van der Waals surface area contributed by atoms with Gasteiger partial charge in [-0.15, -0.1) is 11.8 Å².